The van der Waals surface area contributed by atoms with Crippen LogP contribution >= 0.6 is 11.6 Å². The number of carbonyl (C=O) groups excluding carboxylic acids is 1. The minimum absolute atomic E-state index is 0.310. The van der Waals surface area contributed by atoms with E-state index in [2.05, 4.69) is 13.8 Å². The van der Waals surface area contributed by atoms with E-state index in [-0.39, 0.29) is 0 Å². The van der Waals surface area contributed by atoms with Gasteiger partial charge in [-0.15, -0.1) is 11.6 Å². The van der Waals surface area contributed by atoms with Crippen molar-refractivity contribution in [1.29, 1.82) is 0 Å². The minimum atomic E-state index is 0.310. The van der Waals surface area contributed by atoms with Crippen molar-refractivity contribution in [3.8, 4) is 0 Å². The number of rotatable bonds is 5. The molecule has 0 heterocycles. The Hall–Kier alpha value is -0.240. The van der Waals surface area contributed by atoms with Gasteiger partial charge in [-0.1, -0.05) is 6.42 Å². The normalized spacial score (nSPS) is 31.2. The highest BCUT2D eigenvalue weighted by Crippen LogP contribution is 2.49. The summed E-state index contributed by atoms with van der Waals surface area (Å²) in [6, 6.07) is 0.310. The first-order valence-corrected chi connectivity index (χ1v) is 7.53. The zero-order valence-electron chi connectivity index (χ0n) is 11.0. The lowest BCUT2D eigenvalue weighted by Crippen LogP contribution is -2.43. The smallest absolute Gasteiger partial charge is 0.226 e. The lowest BCUT2D eigenvalue weighted by Gasteiger charge is -2.32. The van der Waals surface area contributed by atoms with E-state index in [0.717, 1.165) is 25.3 Å². The highest BCUT2D eigenvalue weighted by Gasteiger charge is 2.44. The van der Waals surface area contributed by atoms with Crippen LogP contribution in [-0.2, 0) is 4.79 Å². The van der Waals surface area contributed by atoms with Crippen LogP contribution in [0, 0.1) is 17.8 Å². The molecule has 3 heteroatoms. The highest BCUT2D eigenvalue weighted by molar-refractivity contribution is 6.17. The van der Waals surface area contributed by atoms with Gasteiger partial charge in [0.05, 0.1) is 0 Å². The molecule has 0 saturated heterocycles. The third-order valence-electron chi connectivity index (χ3n) is 4.49. The predicted octanol–water partition coefficient (Wildman–Crippen LogP) is 3.29. The molecule has 17 heavy (non-hydrogen) atoms. The Bertz CT molecular complexity index is 279. The van der Waals surface area contributed by atoms with Gasteiger partial charge in [0.2, 0.25) is 5.91 Å². The van der Waals surface area contributed by atoms with Crippen LogP contribution in [0.25, 0.3) is 0 Å². The van der Waals surface area contributed by atoms with Gasteiger partial charge in [0.15, 0.2) is 0 Å². The number of amides is 1. The first-order valence-electron chi connectivity index (χ1n) is 7.00. The molecule has 0 radical (unpaired) electrons. The quantitative estimate of drug-likeness (QED) is 0.692. The van der Waals surface area contributed by atoms with Gasteiger partial charge in [0, 0.05) is 24.4 Å². The van der Waals surface area contributed by atoms with Crippen LogP contribution in [0.5, 0.6) is 0 Å². The Labute approximate surface area is 110 Å². The molecule has 0 aromatic rings. The van der Waals surface area contributed by atoms with Crippen molar-refractivity contribution in [2.75, 3.05) is 12.4 Å². The summed E-state index contributed by atoms with van der Waals surface area (Å²) in [5, 5.41) is 0. The zero-order valence-corrected chi connectivity index (χ0v) is 11.7. The van der Waals surface area contributed by atoms with Crippen LogP contribution in [0.1, 0.15) is 46.0 Å². The fourth-order valence-electron chi connectivity index (χ4n) is 3.61. The molecule has 0 aromatic heterocycles. The first-order chi connectivity index (χ1) is 8.13. The van der Waals surface area contributed by atoms with E-state index in [0.29, 0.717) is 29.7 Å². The second-order valence-electron chi connectivity index (χ2n) is 5.95. The summed E-state index contributed by atoms with van der Waals surface area (Å²) in [7, 11) is 0. The van der Waals surface area contributed by atoms with Crippen LogP contribution in [0.2, 0.25) is 0 Å². The van der Waals surface area contributed by atoms with E-state index in [1.165, 1.54) is 19.3 Å². The van der Waals surface area contributed by atoms with Crippen molar-refractivity contribution in [2.24, 2.45) is 17.8 Å². The lowest BCUT2D eigenvalue weighted by molar-refractivity contribution is -0.139. The maximum atomic E-state index is 12.6. The molecular weight excluding hydrogens is 234 g/mol. The average molecular weight is 258 g/mol. The molecule has 2 aliphatic rings. The van der Waals surface area contributed by atoms with Crippen molar-refractivity contribution in [1.82, 2.24) is 4.90 Å². The molecular formula is C14H24ClNO. The Morgan fingerprint density at radius 2 is 2.12 bits per heavy atom. The topological polar surface area (TPSA) is 20.3 Å². The number of hydrogen-bond acceptors (Lipinski definition) is 1. The molecule has 2 fully saturated rings. The molecule has 1 amide bonds. The van der Waals surface area contributed by atoms with Gasteiger partial charge in [0.25, 0.3) is 0 Å². The summed E-state index contributed by atoms with van der Waals surface area (Å²) in [6.45, 7) is 5.05. The summed E-state index contributed by atoms with van der Waals surface area (Å²) in [4.78, 5) is 14.6. The number of nitrogens with zero attached hydrogens (tertiary/aromatic N) is 1. The zero-order chi connectivity index (χ0) is 12.4. The molecule has 0 aliphatic heterocycles. The standard InChI is InChI=1S/C14H24ClNO/c1-10(2)16(7-3-6-15)14(17)13-9-11-4-5-12(13)8-11/h10-13H,3-9H2,1-2H3. The molecule has 2 saturated carbocycles. The first kappa shape index (κ1) is 13.2. The Morgan fingerprint density at radius 3 is 2.59 bits per heavy atom. The van der Waals surface area contributed by atoms with Crippen LogP contribution in [0.4, 0.5) is 0 Å². The average Bonchev–Trinajstić information content (AvgIpc) is 2.90. The van der Waals surface area contributed by atoms with E-state index >= 15 is 0 Å². The summed E-state index contributed by atoms with van der Waals surface area (Å²) in [5.41, 5.74) is 0. The maximum absolute atomic E-state index is 12.6. The third kappa shape index (κ3) is 2.78. The molecule has 0 aromatic carbocycles. The number of fused-ring (bicyclic) bond motifs is 2. The van der Waals surface area contributed by atoms with Crippen LogP contribution in [0.15, 0.2) is 0 Å². The van der Waals surface area contributed by atoms with Crippen LogP contribution < -0.4 is 0 Å². The second-order valence-corrected chi connectivity index (χ2v) is 6.33. The van der Waals surface area contributed by atoms with E-state index < -0.39 is 0 Å². The van der Waals surface area contributed by atoms with E-state index in [1.807, 2.05) is 4.90 Å². The van der Waals surface area contributed by atoms with Crippen molar-refractivity contribution in [3.63, 3.8) is 0 Å². The molecule has 2 rings (SSSR count). The number of hydrogen-bond donors (Lipinski definition) is 0. The molecule has 2 bridgehead atoms. The number of alkyl halides is 1. The lowest BCUT2D eigenvalue weighted by atomic mass is 9.87. The largest absolute Gasteiger partial charge is 0.340 e. The van der Waals surface area contributed by atoms with Gasteiger partial charge in [-0.05, 0) is 51.4 Å². The third-order valence-corrected chi connectivity index (χ3v) is 4.76. The van der Waals surface area contributed by atoms with E-state index in [4.69, 9.17) is 11.6 Å². The fraction of sp³-hybridized carbons (Fsp3) is 0.929. The van der Waals surface area contributed by atoms with Gasteiger partial charge in [-0.2, -0.15) is 0 Å². The van der Waals surface area contributed by atoms with Crippen molar-refractivity contribution >= 4 is 17.5 Å². The number of halogens is 1. The van der Waals surface area contributed by atoms with Gasteiger partial charge in [-0.25, -0.2) is 0 Å². The van der Waals surface area contributed by atoms with Crippen molar-refractivity contribution < 1.29 is 4.79 Å². The van der Waals surface area contributed by atoms with Gasteiger partial charge >= 0.3 is 0 Å². The Balaban J connectivity index is 1.96. The van der Waals surface area contributed by atoms with Gasteiger partial charge < -0.3 is 4.90 Å². The van der Waals surface area contributed by atoms with E-state index in [1.54, 1.807) is 0 Å². The second kappa shape index (κ2) is 5.60. The molecule has 0 N–H and O–H groups in total. The Kier molecular flexibility index (Phi) is 4.35. The Morgan fingerprint density at radius 1 is 1.35 bits per heavy atom. The minimum Gasteiger partial charge on any atom is -0.340 e. The molecule has 2 nitrogen and oxygen atoms in total. The summed E-state index contributed by atoms with van der Waals surface area (Å²) in [5.74, 6) is 2.90. The van der Waals surface area contributed by atoms with Crippen LogP contribution in [0.3, 0.4) is 0 Å². The summed E-state index contributed by atoms with van der Waals surface area (Å²) >= 11 is 5.74. The fourth-order valence-corrected chi connectivity index (χ4v) is 3.73. The predicted molar refractivity (Wildman–Crippen MR) is 71.1 cm³/mol. The molecule has 0 spiro atoms. The SMILES string of the molecule is CC(C)N(CCCCl)C(=O)C1CC2CCC1C2. The van der Waals surface area contributed by atoms with Crippen molar-refractivity contribution in [3.05, 3.63) is 0 Å². The summed E-state index contributed by atoms with van der Waals surface area (Å²) < 4.78 is 0. The van der Waals surface area contributed by atoms with Gasteiger partial charge in [-0.3, -0.25) is 4.79 Å². The molecule has 98 valence electrons. The maximum Gasteiger partial charge on any atom is 0.226 e. The molecule has 2 aliphatic carbocycles. The van der Waals surface area contributed by atoms with Crippen LogP contribution in [-0.4, -0.2) is 29.3 Å². The van der Waals surface area contributed by atoms with Gasteiger partial charge in [0.1, 0.15) is 0 Å². The highest BCUT2D eigenvalue weighted by atomic mass is 35.5. The molecule has 3 unspecified atom stereocenters. The van der Waals surface area contributed by atoms with Crippen molar-refractivity contribution in [2.45, 2.75) is 52.0 Å². The number of carbonyl (C=O) groups is 1. The monoisotopic (exact) mass is 257 g/mol. The van der Waals surface area contributed by atoms with E-state index in [9.17, 15) is 4.79 Å². The summed E-state index contributed by atoms with van der Waals surface area (Å²) in [6.07, 6.45) is 6.00. The molecule has 3 atom stereocenters.